The van der Waals surface area contributed by atoms with Gasteiger partial charge in [0.15, 0.2) is 0 Å². The molecule has 2 aromatic rings. The highest BCUT2D eigenvalue weighted by Crippen LogP contribution is 2.39. The first-order valence-electron chi connectivity index (χ1n) is 9.30. The Kier molecular flexibility index (Phi) is 5.90. The van der Waals surface area contributed by atoms with E-state index < -0.39 is 17.7 Å². The second-order valence-electron chi connectivity index (χ2n) is 7.30. The summed E-state index contributed by atoms with van der Waals surface area (Å²) in [6.07, 6.45) is 3.98. The second kappa shape index (κ2) is 8.35. The monoisotopic (exact) mass is 379 g/mol. The number of benzene rings is 1. The number of likely N-dealkylation sites (tertiary alicyclic amines) is 1. The number of carbonyl (C=O) groups excluding carboxylic acids is 2. The molecule has 1 aliphatic rings. The van der Waals surface area contributed by atoms with Crippen LogP contribution in [0.3, 0.4) is 0 Å². The van der Waals surface area contributed by atoms with Gasteiger partial charge < -0.3 is 14.9 Å². The van der Waals surface area contributed by atoms with Gasteiger partial charge in [-0.3, -0.25) is 14.6 Å². The molecule has 0 unspecified atom stereocenters. The summed E-state index contributed by atoms with van der Waals surface area (Å²) >= 11 is 0. The molecule has 0 saturated carbocycles. The van der Waals surface area contributed by atoms with Crippen LogP contribution >= 0.6 is 0 Å². The molecule has 3 rings (SSSR count). The topological polar surface area (TPSA) is 73.7 Å². The molecule has 2 heterocycles. The van der Waals surface area contributed by atoms with Gasteiger partial charge in [-0.1, -0.05) is 29.8 Å². The van der Waals surface area contributed by atoms with E-state index in [0.717, 1.165) is 24.1 Å². The summed E-state index contributed by atoms with van der Waals surface area (Å²) in [5, 5.41) is 10.9. The number of pyridine rings is 1. The molecule has 1 aromatic heterocycles. The highest BCUT2D eigenvalue weighted by atomic mass is 16.3. The van der Waals surface area contributed by atoms with Crippen LogP contribution in [-0.2, 0) is 9.59 Å². The van der Waals surface area contributed by atoms with Crippen LogP contribution in [0.1, 0.15) is 29.2 Å². The van der Waals surface area contributed by atoms with Crippen LogP contribution < -0.4 is 0 Å². The van der Waals surface area contributed by atoms with Gasteiger partial charge in [-0.15, -0.1) is 0 Å². The molecule has 0 bridgehead atoms. The third-order valence-electron chi connectivity index (χ3n) is 4.89. The SMILES string of the molecule is Cc1ccc(/C(O)=C2\C(=O)C(=O)N(CCCN(C)C)[C@@H]2c2ccncc2)cc1. The first kappa shape index (κ1) is 19.8. The lowest BCUT2D eigenvalue weighted by molar-refractivity contribution is -0.139. The van der Waals surface area contributed by atoms with E-state index in [1.807, 2.05) is 38.1 Å². The molecular weight excluding hydrogens is 354 g/mol. The van der Waals surface area contributed by atoms with Crippen molar-refractivity contribution in [1.82, 2.24) is 14.8 Å². The number of aryl methyl sites for hydroxylation is 1. The van der Waals surface area contributed by atoms with E-state index in [1.165, 1.54) is 0 Å². The maximum absolute atomic E-state index is 12.8. The van der Waals surface area contributed by atoms with Crippen LogP contribution in [-0.4, -0.2) is 58.8 Å². The van der Waals surface area contributed by atoms with E-state index in [1.54, 1.807) is 41.6 Å². The lowest BCUT2D eigenvalue weighted by Crippen LogP contribution is -2.32. The molecule has 1 amide bonds. The summed E-state index contributed by atoms with van der Waals surface area (Å²) < 4.78 is 0. The van der Waals surface area contributed by atoms with Gasteiger partial charge in [-0.25, -0.2) is 0 Å². The predicted molar refractivity (Wildman–Crippen MR) is 108 cm³/mol. The summed E-state index contributed by atoms with van der Waals surface area (Å²) in [6.45, 7) is 3.18. The number of rotatable bonds is 6. The van der Waals surface area contributed by atoms with Crippen molar-refractivity contribution in [3.05, 3.63) is 71.1 Å². The minimum Gasteiger partial charge on any atom is -0.507 e. The van der Waals surface area contributed by atoms with Crippen LogP contribution in [0.4, 0.5) is 0 Å². The van der Waals surface area contributed by atoms with Crippen LogP contribution in [0, 0.1) is 6.92 Å². The average Bonchev–Trinajstić information content (AvgIpc) is 2.93. The maximum atomic E-state index is 12.8. The van der Waals surface area contributed by atoms with Crippen molar-refractivity contribution in [3.8, 4) is 0 Å². The molecule has 6 heteroatoms. The van der Waals surface area contributed by atoms with Crippen molar-refractivity contribution < 1.29 is 14.7 Å². The summed E-state index contributed by atoms with van der Waals surface area (Å²) in [5.74, 6) is -1.37. The second-order valence-corrected chi connectivity index (χ2v) is 7.30. The molecule has 1 saturated heterocycles. The fourth-order valence-electron chi connectivity index (χ4n) is 3.43. The van der Waals surface area contributed by atoms with E-state index in [0.29, 0.717) is 12.1 Å². The number of amides is 1. The number of nitrogens with zero attached hydrogens (tertiary/aromatic N) is 3. The first-order chi connectivity index (χ1) is 13.4. The first-order valence-corrected chi connectivity index (χ1v) is 9.30. The quantitative estimate of drug-likeness (QED) is 0.475. The number of aromatic nitrogens is 1. The van der Waals surface area contributed by atoms with Gasteiger partial charge in [0.2, 0.25) is 0 Å². The smallest absolute Gasteiger partial charge is 0.295 e. The van der Waals surface area contributed by atoms with Gasteiger partial charge in [0, 0.05) is 24.5 Å². The van der Waals surface area contributed by atoms with Crippen molar-refractivity contribution in [2.45, 2.75) is 19.4 Å². The van der Waals surface area contributed by atoms with Gasteiger partial charge in [0.25, 0.3) is 11.7 Å². The Morgan fingerprint density at radius 2 is 1.75 bits per heavy atom. The van der Waals surface area contributed by atoms with Gasteiger partial charge in [-0.2, -0.15) is 0 Å². The molecule has 0 spiro atoms. The van der Waals surface area contributed by atoms with Crippen molar-refractivity contribution >= 4 is 17.4 Å². The number of hydrogen-bond donors (Lipinski definition) is 1. The standard InChI is InChI=1S/C22H25N3O3/c1-15-5-7-17(8-6-15)20(26)18-19(16-9-11-23-12-10-16)25(22(28)21(18)27)14-4-13-24(2)3/h5-12,19,26H,4,13-14H2,1-3H3/b20-18+/t19-/m1/s1. The van der Waals surface area contributed by atoms with Crippen molar-refractivity contribution in [3.63, 3.8) is 0 Å². The number of hydrogen-bond acceptors (Lipinski definition) is 5. The number of Topliss-reactive ketones (excluding diaryl/α,β-unsaturated/α-hetero) is 1. The van der Waals surface area contributed by atoms with E-state index in [-0.39, 0.29) is 11.3 Å². The zero-order valence-electron chi connectivity index (χ0n) is 16.4. The van der Waals surface area contributed by atoms with E-state index in [4.69, 9.17) is 0 Å². The van der Waals surface area contributed by atoms with E-state index >= 15 is 0 Å². The van der Waals surface area contributed by atoms with Gasteiger partial charge >= 0.3 is 0 Å². The van der Waals surface area contributed by atoms with Crippen LogP contribution in [0.5, 0.6) is 0 Å². The largest absolute Gasteiger partial charge is 0.507 e. The highest BCUT2D eigenvalue weighted by Gasteiger charge is 2.45. The molecule has 146 valence electrons. The molecule has 1 fully saturated rings. The molecule has 28 heavy (non-hydrogen) atoms. The molecular formula is C22H25N3O3. The normalized spacial score (nSPS) is 18.9. The Morgan fingerprint density at radius 3 is 2.36 bits per heavy atom. The molecule has 1 aromatic carbocycles. The summed E-state index contributed by atoms with van der Waals surface area (Å²) in [4.78, 5) is 33.2. The van der Waals surface area contributed by atoms with Gasteiger partial charge in [0.1, 0.15) is 5.76 Å². The van der Waals surface area contributed by atoms with Crippen molar-refractivity contribution in [1.29, 1.82) is 0 Å². The average molecular weight is 379 g/mol. The van der Waals surface area contributed by atoms with Crippen LogP contribution in [0.15, 0.2) is 54.4 Å². The molecule has 1 aliphatic heterocycles. The minimum absolute atomic E-state index is 0.130. The Bertz CT molecular complexity index is 889. The Balaban J connectivity index is 2.06. The highest BCUT2D eigenvalue weighted by molar-refractivity contribution is 6.46. The third-order valence-corrected chi connectivity index (χ3v) is 4.89. The summed E-state index contributed by atoms with van der Waals surface area (Å²) in [7, 11) is 3.93. The van der Waals surface area contributed by atoms with Crippen LogP contribution in [0.2, 0.25) is 0 Å². The third kappa shape index (κ3) is 3.97. The number of ketones is 1. The zero-order valence-corrected chi connectivity index (χ0v) is 16.4. The lowest BCUT2D eigenvalue weighted by atomic mass is 9.95. The zero-order chi connectivity index (χ0) is 20.3. The molecule has 0 aliphatic carbocycles. The van der Waals surface area contributed by atoms with E-state index in [2.05, 4.69) is 4.98 Å². The number of aliphatic hydroxyl groups excluding tert-OH is 1. The van der Waals surface area contributed by atoms with Crippen molar-refractivity contribution in [2.24, 2.45) is 0 Å². The summed E-state index contributed by atoms with van der Waals surface area (Å²) in [5.41, 5.74) is 2.46. The number of carbonyl (C=O) groups is 2. The maximum Gasteiger partial charge on any atom is 0.295 e. The molecule has 1 N–H and O–H groups in total. The van der Waals surface area contributed by atoms with Gasteiger partial charge in [-0.05, 0) is 51.7 Å². The van der Waals surface area contributed by atoms with Gasteiger partial charge in [0.05, 0.1) is 11.6 Å². The van der Waals surface area contributed by atoms with Crippen LogP contribution in [0.25, 0.3) is 5.76 Å². The van der Waals surface area contributed by atoms with E-state index in [9.17, 15) is 14.7 Å². The molecule has 0 radical (unpaired) electrons. The number of aliphatic hydroxyl groups is 1. The Morgan fingerprint density at radius 1 is 1.11 bits per heavy atom. The fourth-order valence-corrected chi connectivity index (χ4v) is 3.43. The minimum atomic E-state index is -0.648. The summed E-state index contributed by atoms with van der Waals surface area (Å²) in [6, 6.07) is 10.2. The Labute approximate surface area is 165 Å². The van der Waals surface area contributed by atoms with Crippen molar-refractivity contribution in [2.75, 3.05) is 27.2 Å². The molecule has 1 atom stereocenters. The lowest BCUT2D eigenvalue weighted by Gasteiger charge is -2.25. The molecule has 6 nitrogen and oxygen atoms in total. The Hall–Kier alpha value is -2.99. The fraction of sp³-hybridized carbons (Fsp3) is 0.318. The predicted octanol–water partition coefficient (Wildman–Crippen LogP) is 2.76.